The minimum atomic E-state index is -0.992. The number of aromatic carboxylic acids is 1. The molecule has 0 unspecified atom stereocenters. The van der Waals surface area contributed by atoms with Crippen molar-refractivity contribution in [1.82, 2.24) is 0 Å². The zero-order chi connectivity index (χ0) is 14.0. The van der Waals surface area contributed by atoms with Gasteiger partial charge >= 0.3 is 5.97 Å². The Morgan fingerprint density at radius 2 is 1.95 bits per heavy atom. The minimum Gasteiger partial charge on any atom is -0.478 e. The Balaban J connectivity index is 2.16. The van der Waals surface area contributed by atoms with Crippen LogP contribution in [0.15, 0.2) is 6.07 Å². The number of anilines is 1. The number of thiophene rings is 1. The molecule has 1 aliphatic rings. The topological polar surface area (TPSA) is 66.4 Å². The molecule has 1 aromatic heterocycles. The molecule has 2 N–H and O–H groups in total. The second-order valence-corrected chi connectivity index (χ2v) is 6.74. The first-order valence-corrected chi connectivity index (χ1v) is 7.39. The molecule has 0 bridgehead atoms. The highest BCUT2D eigenvalue weighted by molar-refractivity contribution is 7.16. The summed E-state index contributed by atoms with van der Waals surface area (Å²) in [7, 11) is 0. The second-order valence-electron chi connectivity index (χ2n) is 5.48. The molecule has 19 heavy (non-hydrogen) atoms. The molecule has 0 saturated heterocycles. The van der Waals surface area contributed by atoms with Crippen molar-refractivity contribution >= 4 is 28.2 Å². The predicted octanol–water partition coefficient (Wildman–Crippen LogP) is 3.66. The summed E-state index contributed by atoms with van der Waals surface area (Å²) < 4.78 is 0. The van der Waals surface area contributed by atoms with Crippen LogP contribution in [0.2, 0.25) is 0 Å². The lowest BCUT2D eigenvalue weighted by atomic mass is 9.75. The van der Waals surface area contributed by atoms with E-state index in [9.17, 15) is 9.59 Å². The number of hydrogen-bond acceptors (Lipinski definition) is 3. The lowest BCUT2D eigenvalue weighted by molar-refractivity contribution is -0.126. The van der Waals surface area contributed by atoms with Gasteiger partial charge in [0.25, 0.3) is 0 Å². The van der Waals surface area contributed by atoms with Crippen molar-refractivity contribution in [3.05, 3.63) is 16.5 Å². The third-order valence-electron chi connectivity index (χ3n) is 3.82. The molecule has 5 heteroatoms. The molecule has 1 aromatic rings. The molecule has 1 fully saturated rings. The van der Waals surface area contributed by atoms with Gasteiger partial charge in [-0.25, -0.2) is 4.79 Å². The number of carboxylic acids is 1. The van der Waals surface area contributed by atoms with Crippen LogP contribution in [0.5, 0.6) is 0 Å². The Kier molecular flexibility index (Phi) is 3.94. The summed E-state index contributed by atoms with van der Waals surface area (Å²) in [5.41, 5.74) is -0.165. The zero-order valence-electron chi connectivity index (χ0n) is 11.3. The standard InChI is InChI=1S/C14H19NO3S/c1-9-8-10(12(16)17)11(19-9)15-13(18)14(2)6-4-3-5-7-14/h8H,3-7H2,1-2H3,(H,15,18)(H,16,17). The summed E-state index contributed by atoms with van der Waals surface area (Å²) >= 11 is 1.32. The summed E-state index contributed by atoms with van der Waals surface area (Å²) in [4.78, 5) is 24.4. The van der Waals surface area contributed by atoms with Crippen molar-refractivity contribution < 1.29 is 14.7 Å². The van der Waals surface area contributed by atoms with Gasteiger partial charge in [-0.1, -0.05) is 26.2 Å². The van der Waals surface area contributed by atoms with Gasteiger partial charge in [0.15, 0.2) is 0 Å². The molecular weight excluding hydrogens is 262 g/mol. The monoisotopic (exact) mass is 281 g/mol. The van der Waals surface area contributed by atoms with Gasteiger partial charge in [0.1, 0.15) is 5.00 Å². The third kappa shape index (κ3) is 2.97. The Morgan fingerprint density at radius 1 is 1.32 bits per heavy atom. The highest BCUT2D eigenvalue weighted by Gasteiger charge is 2.35. The number of carbonyl (C=O) groups is 2. The Bertz CT molecular complexity index is 501. The van der Waals surface area contributed by atoms with Gasteiger partial charge in [-0.2, -0.15) is 0 Å². The quantitative estimate of drug-likeness (QED) is 0.888. The van der Waals surface area contributed by atoms with Crippen LogP contribution in [-0.4, -0.2) is 17.0 Å². The van der Waals surface area contributed by atoms with Crippen molar-refractivity contribution in [2.24, 2.45) is 5.41 Å². The minimum absolute atomic E-state index is 0.0449. The normalized spacial score (nSPS) is 18.0. The lowest BCUT2D eigenvalue weighted by Crippen LogP contribution is -2.35. The molecule has 1 amide bonds. The van der Waals surface area contributed by atoms with Gasteiger partial charge in [-0.3, -0.25) is 4.79 Å². The van der Waals surface area contributed by atoms with Crippen molar-refractivity contribution in [1.29, 1.82) is 0 Å². The lowest BCUT2D eigenvalue weighted by Gasteiger charge is -2.31. The van der Waals surface area contributed by atoms with Crippen molar-refractivity contribution in [2.45, 2.75) is 46.0 Å². The maximum Gasteiger partial charge on any atom is 0.338 e. The van der Waals surface area contributed by atoms with Gasteiger partial charge in [0.2, 0.25) is 5.91 Å². The van der Waals surface area contributed by atoms with E-state index in [0.29, 0.717) is 5.00 Å². The number of hydrogen-bond donors (Lipinski definition) is 2. The first kappa shape index (κ1) is 14.1. The molecule has 0 aromatic carbocycles. The molecule has 0 aliphatic heterocycles. The van der Waals surface area contributed by atoms with Gasteiger partial charge in [0, 0.05) is 10.3 Å². The van der Waals surface area contributed by atoms with E-state index in [4.69, 9.17) is 5.11 Å². The largest absolute Gasteiger partial charge is 0.478 e. The Hall–Kier alpha value is -1.36. The van der Waals surface area contributed by atoms with Crippen LogP contribution < -0.4 is 5.32 Å². The molecule has 1 heterocycles. The molecule has 104 valence electrons. The molecular formula is C14H19NO3S. The molecule has 4 nitrogen and oxygen atoms in total. The fraction of sp³-hybridized carbons (Fsp3) is 0.571. The van der Waals surface area contributed by atoms with Gasteiger partial charge in [0.05, 0.1) is 5.56 Å². The van der Waals surface area contributed by atoms with Crippen LogP contribution >= 0.6 is 11.3 Å². The zero-order valence-corrected chi connectivity index (χ0v) is 12.1. The number of amides is 1. The average molecular weight is 281 g/mol. The smallest absolute Gasteiger partial charge is 0.338 e. The molecule has 0 atom stereocenters. The van der Waals surface area contributed by atoms with E-state index in [0.717, 1.165) is 30.6 Å². The predicted molar refractivity (Wildman–Crippen MR) is 75.8 cm³/mol. The average Bonchev–Trinajstić information content (AvgIpc) is 2.71. The number of nitrogens with one attached hydrogen (secondary N) is 1. The first-order valence-electron chi connectivity index (χ1n) is 6.57. The van der Waals surface area contributed by atoms with Crippen LogP contribution in [0, 0.1) is 12.3 Å². The summed E-state index contributed by atoms with van der Waals surface area (Å²) in [5.74, 6) is -1.04. The fourth-order valence-electron chi connectivity index (χ4n) is 2.58. The third-order valence-corrected chi connectivity index (χ3v) is 4.78. The molecule has 1 aliphatic carbocycles. The van der Waals surface area contributed by atoms with Crippen LogP contribution in [0.1, 0.15) is 54.3 Å². The maximum atomic E-state index is 12.4. The number of carbonyl (C=O) groups excluding carboxylic acids is 1. The summed E-state index contributed by atoms with van der Waals surface area (Å²) in [6.07, 6.45) is 5.08. The van der Waals surface area contributed by atoms with Crippen molar-refractivity contribution in [3.63, 3.8) is 0 Å². The van der Waals surface area contributed by atoms with Crippen molar-refractivity contribution in [2.75, 3.05) is 5.32 Å². The number of rotatable bonds is 3. The SMILES string of the molecule is Cc1cc(C(=O)O)c(NC(=O)C2(C)CCCCC2)s1. The summed E-state index contributed by atoms with van der Waals surface area (Å²) in [6, 6.07) is 1.60. The Labute approximate surface area is 116 Å². The first-order chi connectivity index (χ1) is 8.92. The fourth-order valence-corrected chi connectivity index (χ4v) is 3.48. The molecule has 0 spiro atoms. The highest BCUT2D eigenvalue weighted by Crippen LogP contribution is 2.38. The van der Waals surface area contributed by atoms with E-state index in [1.54, 1.807) is 6.07 Å². The number of carboxylic acid groups (broad SMARTS) is 1. The van der Waals surface area contributed by atoms with Crippen LogP contribution in [0.4, 0.5) is 5.00 Å². The molecule has 1 saturated carbocycles. The highest BCUT2D eigenvalue weighted by atomic mass is 32.1. The van der Waals surface area contributed by atoms with Crippen molar-refractivity contribution in [3.8, 4) is 0 Å². The van der Waals surface area contributed by atoms with Gasteiger partial charge in [-0.15, -0.1) is 11.3 Å². The summed E-state index contributed by atoms with van der Waals surface area (Å²) in [5, 5.41) is 12.4. The maximum absolute atomic E-state index is 12.4. The van der Waals surface area contributed by atoms with E-state index in [1.807, 2.05) is 13.8 Å². The molecule has 0 radical (unpaired) electrons. The summed E-state index contributed by atoms with van der Waals surface area (Å²) in [6.45, 7) is 3.82. The van der Waals surface area contributed by atoms with Gasteiger partial charge in [-0.05, 0) is 25.8 Å². The van der Waals surface area contributed by atoms with Crippen LogP contribution in [0.3, 0.4) is 0 Å². The van der Waals surface area contributed by atoms with Crippen LogP contribution in [-0.2, 0) is 4.79 Å². The number of aryl methyl sites for hydroxylation is 1. The van der Waals surface area contributed by atoms with E-state index >= 15 is 0 Å². The van der Waals surface area contributed by atoms with E-state index in [2.05, 4.69) is 5.32 Å². The second kappa shape index (κ2) is 5.33. The molecule has 2 rings (SSSR count). The Morgan fingerprint density at radius 3 is 2.53 bits per heavy atom. The van der Waals surface area contributed by atoms with E-state index in [1.165, 1.54) is 17.8 Å². The van der Waals surface area contributed by atoms with Gasteiger partial charge < -0.3 is 10.4 Å². The van der Waals surface area contributed by atoms with E-state index in [-0.39, 0.29) is 16.9 Å². The van der Waals surface area contributed by atoms with Crippen LogP contribution in [0.25, 0.3) is 0 Å². The van der Waals surface area contributed by atoms with E-state index < -0.39 is 5.97 Å².